The molecule has 0 saturated heterocycles. The number of carboxylic acids is 1. The van der Waals surface area contributed by atoms with E-state index in [9.17, 15) is 9.59 Å². The SMILES string of the molecule is Br.COc1ccnc2cc(C(=O)NCC(N)C(=O)O)sc12. The van der Waals surface area contributed by atoms with Crippen molar-refractivity contribution in [3.05, 3.63) is 23.2 Å². The Morgan fingerprint density at radius 1 is 1.57 bits per heavy atom. The Kier molecular flexibility index (Phi) is 6.06. The molecule has 21 heavy (non-hydrogen) atoms. The minimum absolute atomic E-state index is 0. The molecule has 0 aliphatic rings. The standard InChI is InChI=1S/C12H13N3O4S.BrH/c1-19-8-2-3-14-7-4-9(20-10(7)8)11(16)15-5-6(13)12(17)18;/h2-4,6H,5,13H2,1H3,(H,15,16)(H,17,18);1H. The zero-order valence-electron chi connectivity index (χ0n) is 11.0. The highest BCUT2D eigenvalue weighted by atomic mass is 79.9. The average Bonchev–Trinajstić information content (AvgIpc) is 2.87. The van der Waals surface area contributed by atoms with E-state index in [4.69, 9.17) is 15.6 Å². The van der Waals surface area contributed by atoms with Crippen LogP contribution < -0.4 is 15.8 Å². The predicted octanol–water partition coefficient (Wildman–Crippen LogP) is 1.02. The maximum atomic E-state index is 11.9. The monoisotopic (exact) mass is 375 g/mol. The number of thiophene rings is 1. The number of pyridine rings is 1. The molecule has 4 N–H and O–H groups in total. The number of amides is 1. The van der Waals surface area contributed by atoms with Gasteiger partial charge in [0.25, 0.3) is 5.91 Å². The Morgan fingerprint density at radius 3 is 2.90 bits per heavy atom. The molecule has 0 spiro atoms. The second kappa shape index (κ2) is 7.34. The Balaban J connectivity index is 0.00000220. The number of hydrogen-bond acceptors (Lipinski definition) is 6. The lowest BCUT2D eigenvalue weighted by molar-refractivity contribution is -0.138. The van der Waals surface area contributed by atoms with Crippen molar-refractivity contribution < 1.29 is 19.4 Å². The molecule has 1 amide bonds. The summed E-state index contributed by atoms with van der Waals surface area (Å²) in [7, 11) is 1.54. The van der Waals surface area contributed by atoms with Gasteiger partial charge in [-0.15, -0.1) is 28.3 Å². The number of nitrogens with zero attached hydrogens (tertiary/aromatic N) is 1. The van der Waals surface area contributed by atoms with Gasteiger partial charge in [0.15, 0.2) is 0 Å². The molecule has 2 aromatic rings. The number of nitrogens with one attached hydrogen (secondary N) is 1. The van der Waals surface area contributed by atoms with Gasteiger partial charge in [0.1, 0.15) is 11.8 Å². The Bertz CT molecular complexity index is 661. The van der Waals surface area contributed by atoms with Gasteiger partial charge in [0.2, 0.25) is 0 Å². The lowest BCUT2D eigenvalue weighted by Gasteiger charge is -2.06. The van der Waals surface area contributed by atoms with Crippen molar-refractivity contribution in [1.82, 2.24) is 10.3 Å². The third-order valence-corrected chi connectivity index (χ3v) is 3.76. The second-order valence-electron chi connectivity index (χ2n) is 3.99. The van der Waals surface area contributed by atoms with Gasteiger partial charge in [0.05, 0.1) is 22.2 Å². The molecule has 0 saturated carbocycles. The fraction of sp³-hybridized carbons (Fsp3) is 0.250. The van der Waals surface area contributed by atoms with E-state index in [1.54, 1.807) is 25.4 Å². The Hall–Kier alpha value is -1.71. The molecule has 0 aromatic carbocycles. The van der Waals surface area contributed by atoms with Crippen molar-refractivity contribution in [3.8, 4) is 5.75 Å². The lowest BCUT2D eigenvalue weighted by atomic mass is 10.3. The molecule has 0 fully saturated rings. The summed E-state index contributed by atoms with van der Waals surface area (Å²) in [6, 6.07) is 2.21. The highest BCUT2D eigenvalue weighted by Crippen LogP contribution is 2.31. The molecule has 1 unspecified atom stereocenters. The van der Waals surface area contributed by atoms with Crippen LogP contribution in [-0.2, 0) is 4.79 Å². The largest absolute Gasteiger partial charge is 0.495 e. The number of carboxylic acid groups (broad SMARTS) is 1. The second-order valence-corrected chi connectivity index (χ2v) is 5.05. The summed E-state index contributed by atoms with van der Waals surface area (Å²) in [5.41, 5.74) is 5.98. The summed E-state index contributed by atoms with van der Waals surface area (Å²) < 4.78 is 5.96. The van der Waals surface area contributed by atoms with E-state index in [1.165, 1.54) is 11.3 Å². The predicted molar refractivity (Wildman–Crippen MR) is 84.4 cm³/mol. The first-order valence-corrected chi connectivity index (χ1v) is 6.53. The van der Waals surface area contributed by atoms with E-state index in [0.717, 1.165) is 4.70 Å². The van der Waals surface area contributed by atoms with Crippen molar-refractivity contribution in [3.63, 3.8) is 0 Å². The van der Waals surface area contributed by atoms with Crippen LogP contribution >= 0.6 is 28.3 Å². The molecule has 2 rings (SSSR count). The van der Waals surface area contributed by atoms with E-state index in [0.29, 0.717) is 16.1 Å². The Labute approximate surface area is 134 Å². The van der Waals surface area contributed by atoms with Crippen molar-refractivity contribution in [2.45, 2.75) is 6.04 Å². The topological polar surface area (TPSA) is 115 Å². The molecule has 0 radical (unpaired) electrons. The molecule has 0 bridgehead atoms. The molecule has 1 atom stereocenters. The fourth-order valence-electron chi connectivity index (χ4n) is 1.56. The van der Waals surface area contributed by atoms with Gasteiger partial charge >= 0.3 is 5.97 Å². The number of hydrogen-bond donors (Lipinski definition) is 3. The number of fused-ring (bicyclic) bond motifs is 1. The summed E-state index contributed by atoms with van der Waals surface area (Å²) in [5, 5.41) is 11.1. The summed E-state index contributed by atoms with van der Waals surface area (Å²) in [6.07, 6.45) is 1.59. The van der Waals surface area contributed by atoms with Gasteiger partial charge in [-0.1, -0.05) is 0 Å². The van der Waals surface area contributed by atoms with Crippen LogP contribution in [0.1, 0.15) is 9.67 Å². The molecule has 114 valence electrons. The van der Waals surface area contributed by atoms with E-state index in [2.05, 4.69) is 10.3 Å². The normalized spacial score (nSPS) is 11.5. The summed E-state index contributed by atoms with van der Waals surface area (Å²) >= 11 is 1.23. The highest BCUT2D eigenvalue weighted by Gasteiger charge is 2.16. The van der Waals surface area contributed by atoms with Crippen molar-refractivity contribution in [1.29, 1.82) is 0 Å². The number of aliphatic carboxylic acids is 1. The van der Waals surface area contributed by atoms with Crippen LogP contribution in [0.15, 0.2) is 18.3 Å². The van der Waals surface area contributed by atoms with E-state index < -0.39 is 12.0 Å². The van der Waals surface area contributed by atoms with Gasteiger partial charge < -0.3 is 20.9 Å². The molecule has 7 nitrogen and oxygen atoms in total. The zero-order chi connectivity index (χ0) is 14.7. The summed E-state index contributed by atoms with van der Waals surface area (Å²) in [4.78, 5) is 27.1. The Morgan fingerprint density at radius 2 is 2.29 bits per heavy atom. The number of methoxy groups -OCH3 is 1. The maximum Gasteiger partial charge on any atom is 0.322 e. The first kappa shape index (κ1) is 17.3. The molecule has 2 aromatic heterocycles. The minimum Gasteiger partial charge on any atom is -0.495 e. The quantitative estimate of drug-likeness (QED) is 0.718. The van der Waals surface area contributed by atoms with E-state index in [-0.39, 0.29) is 29.4 Å². The average molecular weight is 376 g/mol. The van der Waals surface area contributed by atoms with Crippen molar-refractivity contribution in [2.24, 2.45) is 5.73 Å². The summed E-state index contributed by atoms with van der Waals surface area (Å²) in [6.45, 7) is -0.132. The van der Waals surface area contributed by atoms with Crippen LogP contribution in [0.4, 0.5) is 0 Å². The lowest BCUT2D eigenvalue weighted by Crippen LogP contribution is -2.42. The molecular weight excluding hydrogens is 362 g/mol. The maximum absolute atomic E-state index is 11.9. The van der Waals surface area contributed by atoms with Crippen LogP contribution in [0.3, 0.4) is 0 Å². The minimum atomic E-state index is -1.16. The van der Waals surface area contributed by atoms with Gasteiger partial charge in [-0.25, -0.2) is 0 Å². The molecule has 0 aliphatic carbocycles. The number of nitrogens with two attached hydrogens (primary N) is 1. The molecule has 0 aliphatic heterocycles. The van der Waals surface area contributed by atoms with Gasteiger partial charge in [-0.05, 0) is 12.1 Å². The number of carbonyl (C=O) groups is 2. The molecule has 9 heteroatoms. The number of rotatable bonds is 5. The third-order valence-electron chi connectivity index (χ3n) is 2.62. The van der Waals surface area contributed by atoms with Crippen LogP contribution in [0, 0.1) is 0 Å². The third kappa shape index (κ3) is 3.90. The van der Waals surface area contributed by atoms with E-state index in [1.807, 2.05) is 0 Å². The van der Waals surface area contributed by atoms with Gasteiger partial charge in [-0.3, -0.25) is 14.6 Å². The number of ether oxygens (including phenoxy) is 1. The highest BCUT2D eigenvalue weighted by molar-refractivity contribution is 8.93. The molecular formula is C12H14BrN3O4S. The molecule has 2 heterocycles. The zero-order valence-corrected chi connectivity index (χ0v) is 13.6. The van der Waals surface area contributed by atoms with Gasteiger partial charge in [0, 0.05) is 12.7 Å². The van der Waals surface area contributed by atoms with Gasteiger partial charge in [-0.2, -0.15) is 0 Å². The fourth-order valence-corrected chi connectivity index (χ4v) is 2.59. The number of aromatic nitrogens is 1. The summed E-state index contributed by atoms with van der Waals surface area (Å²) in [5.74, 6) is -0.905. The van der Waals surface area contributed by atoms with Crippen LogP contribution in [0.2, 0.25) is 0 Å². The first-order valence-electron chi connectivity index (χ1n) is 5.72. The van der Waals surface area contributed by atoms with Crippen LogP contribution in [0.25, 0.3) is 10.2 Å². The van der Waals surface area contributed by atoms with Crippen LogP contribution in [-0.4, -0.2) is 41.7 Å². The van der Waals surface area contributed by atoms with Crippen molar-refractivity contribution >= 4 is 50.4 Å². The number of carbonyl (C=O) groups excluding carboxylic acids is 1. The van der Waals surface area contributed by atoms with E-state index >= 15 is 0 Å². The number of halogens is 1. The van der Waals surface area contributed by atoms with Crippen LogP contribution in [0.5, 0.6) is 5.75 Å². The first-order chi connectivity index (χ1) is 9.52. The van der Waals surface area contributed by atoms with Crippen molar-refractivity contribution in [2.75, 3.05) is 13.7 Å². The smallest absolute Gasteiger partial charge is 0.322 e.